The molecule has 1 heterocycles. The van der Waals surface area contributed by atoms with Crippen molar-refractivity contribution in [2.24, 2.45) is 5.92 Å². The van der Waals surface area contributed by atoms with E-state index in [2.05, 4.69) is 4.90 Å². The highest BCUT2D eigenvalue weighted by atomic mass is 16.6. The van der Waals surface area contributed by atoms with Crippen LogP contribution in [0.15, 0.2) is 24.3 Å². The van der Waals surface area contributed by atoms with Crippen molar-refractivity contribution in [3.05, 3.63) is 34.4 Å². The zero-order valence-corrected chi connectivity index (χ0v) is 10.5. The molecule has 1 atom stereocenters. The molecule has 18 heavy (non-hydrogen) atoms. The molecule has 1 unspecified atom stereocenters. The van der Waals surface area contributed by atoms with Gasteiger partial charge in [0.05, 0.1) is 11.0 Å². The quantitative estimate of drug-likeness (QED) is 0.659. The van der Waals surface area contributed by atoms with Gasteiger partial charge >= 0.3 is 0 Å². The molecule has 0 amide bonds. The summed E-state index contributed by atoms with van der Waals surface area (Å²) in [7, 11) is 0. The Hall–Kier alpha value is -1.62. The fourth-order valence-corrected chi connectivity index (χ4v) is 2.44. The van der Waals surface area contributed by atoms with Gasteiger partial charge in [-0.3, -0.25) is 10.1 Å². The summed E-state index contributed by atoms with van der Waals surface area (Å²) in [4.78, 5) is 12.5. The largest absolute Gasteiger partial charge is 0.393 e. The van der Waals surface area contributed by atoms with Gasteiger partial charge in [0.25, 0.3) is 5.69 Å². The van der Waals surface area contributed by atoms with Crippen molar-refractivity contribution in [2.45, 2.75) is 25.9 Å². The van der Waals surface area contributed by atoms with Crippen molar-refractivity contribution in [3.63, 3.8) is 0 Å². The second-order valence-electron chi connectivity index (χ2n) is 4.84. The van der Waals surface area contributed by atoms with Crippen LogP contribution in [0.5, 0.6) is 0 Å². The Balaban J connectivity index is 2.05. The molecule has 1 aliphatic heterocycles. The zero-order chi connectivity index (χ0) is 13.1. The lowest BCUT2D eigenvalue weighted by Crippen LogP contribution is -2.37. The minimum Gasteiger partial charge on any atom is -0.393 e. The van der Waals surface area contributed by atoms with E-state index in [0.717, 1.165) is 31.6 Å². The van der Waals surface area contributed by atoms with E-state index in [1.807, 2.05) is 13.0 Å². The number of benzene rings is 1. The lowest BCUT2D eigenvalue weighted by Gasteiger charge is -2.34. The molecule has 0 radical (unpaired) electrons. The van der Waals surface area contributed by atoms with Crippen LogP contribution in [0.2, 0.25) is 0 Å². The summed E-state index contributed by atoms with van der Waals surface area (Å²) in [6.07, 6.45) is 1.60. The summed E-state index contributed by atoms with van der Waals surface area (Å²) in [5, 5.41) is 20.3. The zero-order valence-electron chi connectivity index (χ0n) is 10.5. The third-order valence-electron chi connectivity index (χ3n) is 3.63. The maximum atomic E-state index is 10.7. The van der Waals surface area contributed by atoms with E-state index in [0.29, 0.717) is 5.92 Å². The number of rotatable bonds is 3. The molecule has 1 aromatic rings. The molecule has 5 heteroatoms. The van der Waals surface area contributed by atoms with Crippen molar-refractivity contribution < 1.29 is 10.0 Å². The van der Waals surface area contributed by atoms with E-state index >= 15 is 0 Å². The van der Waals surface area contributed by atoms with E-state index in [-0.39, 0.29) is 16.7 Å². The Bertz CT molecular complexity index is 426. The highest BCUT2D eigenvalue weighted by Crippen LogP contribution is 2.27. The van der Waals surface area contributed by atoms with Crippen LogP contribution in [-0.2, 0) is 0 Å². The lowest BCUT2D eigenvalue weighted by molar-refractivity contribution is -0.384. The molecule has 1 aliphatic rings. The molecule has 0 spiro atoms. The Morgan fingerprint density at radius 2 is 2.11 bits per heavy atom. The van der Waals surface area contributed by atoms with Crippen LogP contribution < -0.4 is 4.90 Å². The van der Waals surface area contributed by atoms with Crippen molar-refractivity contribution in [3.8, 4) is 0 Å². The molecular formula is C13H18N2O3. The standard InChI is InChI=1S/C13H18N2O3/c1-10(16)11-5-7-14(8-6-11)12-3-2-4-13(9-12)15(17)18/h2-4,9-11,16H,5-8H2,1H3. The molecule has 0 bridgehead atoms. The van der Waals surface area contributed by atoms with Gasteiger partial charge in [-0.15, -0.1) is 0 Å². The summed E-state index contributed by atoms with van der Waals surface area (Å²) in [6.45, 7) is 3.52. The Kier molecular flexibility index (Phi) is 3.81. The van der Waals surface area contributed by atoms with Gasteiger partial charge in [-0.2, -0.15) is 0 Å². The summed E-state index contributed by atoms with van der Waals surface area (Å²) in [5.74, 6) is 0.347. The smallest absolute Gasteiger partial charge is 0.271 e. The number of nitro benzene ring substituents is 1. The minimum absolute atomic E-state index is 0.130. The summed E-state index contributed by atoms with van der Waals surface area (Å²) in [5.41, 5.74) is 1.03. The molecule has 5 nitrogen and oxygen atoms in total. The van der Waals surface area contributed by atoms with Crippen molar-refractivity contribution in [1.82, 2.24) is 0 Å². The van der Waals surface area contributed by atoms with Crippen LogP contribution in [-0.4, -0.2) is 29.2 Å². The molecule has 0 saturated carbocycles. The second-order valence-corrected chi connectivity index (χ2v) is 4.84. The van der Waals surface area contributed by atoms with Gasteiger partial charge in [0, 0.05) is 30.9 Å². The van der Waals surface area contributed by atoms with Gasteiger partial charge in [-0.05, 0) is 31.7 Å². The predicted octanol–water partition coefficient (Wildman–Crippen LogP) is 2.19. The van der Waals surface area contributed by atoms with Crippen LogP contribution in [0.3, 0.4) is 0 Å². The molecule has 0 aromatic heterocycles. The molecule has 1 saturated heterocycles. The fraction of sp³-hybridized carbons (Fsp3) is 0.538. The van der Waals surface area contributed by atoms with Gasteiger partial charge < -0.3 is 10.0 Å². The molecule has 1 fully saturated rings. The van der Waals surface area contributed by atoms with Crippen molar-refractivity contribution >= 4 is 11.4 Å². The van der Waals surface area contributed by atoms with Crippen LogP contribution in [0.25, 0.3) is 0 Å². The molecule has 98 valence electrons. The average Bonchev–Trinajstić information content (AvgIpc) is 2.39. The van der Waals surface area contributed by atoms with Crippen LogP contribution in [0.4, 0.5) is 11.4 Å². The summed E-state index contributed by atoms with van der Waals surface area (Å²) < 4.78 is 0. The van der Waals surface area contributed by atoms with Crippen molar-refractivity contribution in [1.29, 1.82) is 0 Å². The first-order valence-corrected chi connectivity index (χ1v) is 6.25. The number of anilines is 1. The third-order valence-corrected chi connectivity index (χ3v) is 3.63. The SMILES string of the molecule is CC(O)C1CCN(c2cccc([N+](=O)[O-])c2)CC1. The van der Waals surface area contributed by atoms with Crippen LogP contribution >= 0.6 is 0 Å². The highest BCUT2D eigenvalue weighted by Gasteiger charge is 2.23. The number of nitro groups is 1. The third kappa shape index (κ3) is 2.79. The van der Waals surface area contributed by atoms with E-state index < -0.39 is 0 Å². The van der Waals surface area contributed by atoms with Gasteiger partial charge in [0.2, 0.25) is 0 Å². The first kappa shape index (κ1) is 12.8. The first-order chi connectivity index (χ1) is 8.58. The number of hydrogen-bond acceptors (Lipinski definition) is 4. The average molecular weight is 250 g/mol. The molecule has 1 aromatic carbocycles. The van der Waals surface area contributed by atoms with E-state index in [9.17, 15) is 15.2 Å². The van der Waals surface area contributed by atoms with Gasteiger partial charge in [-0.25, -0.2) is 0 Å². The number of non-ortho nitro benzene ring substituents is 1. The lowest BCUT2D eigenvalue weighted by atomic mass is 9.92. The first-order valence-electron chi connectivity index (χ1n) is 6.25. The molecular weight excluding hydrogens is 232 g/mol. The number of hydrogen-bond donors (Lipinski definition) is 1. The Morgan fingerprint density at radius 3 is 2.67 bits per heavy atom. The maximum Gasteiger partial charge on any atom is 0.271 e. The highest BCUT2D eigenvalue weighted by molar-refractivity contribution is 5.53. The number of aliphatic hydroxyl groups excluding tert-OH is 1. The van der Waals surface area contributed by atoms with Gasteiger partial charge in [0.15, 0.2) is 0 Å². The Morgan fingerprint density at radius 1 is 1.44 bits per heavy atom. The minimum atomic E-state index is -0.369. The number of piperidine rings is 1. The topological polar surface area (TPSA) is 66.6 Å². The number of nitrogens with zero attached hydrogens (tertiary/aromatic N) is 2. The molecule has 0 aliphatic carbocycles. The van der Waals surface area contributed by atoms with E-state index in [1.54, 1.807) is 12.1 Å². The Labute approximate surface area is 106 Å². The van der Waals surface area contributed by atoms with Crippen LogP contribution in [0.1, 0.15) is 19.8 Å². The predicted molar refractivity (Wildman–Crippen MR) is 69.7 cm³/mol. The fourth-order valence-electron chi connectivity index (χ4n) is 2.44. The summed E-state index contributed by atoms with van der Waals surface area (Å²) in [6, 6.07) is 6.73. The monoisotopic (exact) mass is 250 g/mol. The van der Waals surface area contributed by atoms with E-state index in [4.69, 9.17) is 0 Å². The van der Waals surface area contributed by atoms with Crippen molar-refractivity contribution in [2.75, 3.05) is 18.0 Å². The van der Waals surface area contributed by atoms with E-state index in [1.165, 1.54) is 6.07 Å². The maximum absolute atomic E-state index is 10.7. The molecule has 1 N–H and O–H groups in total. The second kappa shape index (κ2) is 5.35. The summed E-state index contributed by atoms with van der Waals surface area (Å²) >= 11 is 0. The number of aliphatic hydroxyl groups is 1. The normalized spacial score (nSPS) is 18.7. The molecule has 2 rings (SSSR count). The van der Waals surface area contributed by atoms with Gasteiger partial charge in [-0.1, -0.05) is 6.07 Å². The van der Waals surface area contributed by atoms with Crippen LogP contribution in [0, 0.1) is 16.0 Å². The van der Waals surface area contributed by atoms with Gasteiger partial charge in [0.1, 0.15) is 0 Å².